The summed E-state index contributed by atoms with van der Waals surface area (Å²) in [6, 6.07) is -0.714. The first-order valence-electron chi connectivity index (χ1n) is 3.75. The number of nitrogens with one attached hydrogen (secondary N) is 1. The van der Waals surface area contributed by atoms with Crippen LogP contribution >= 0.6 is 0 Å². The topological polar surface area (TPSA) is 84.7 Å². The van der Waals surface area contributed by atoms with Crippen LogP contribution in [0.3, 0.4) is 0 Å². The summed E-state index contributed by atoms with van der Waals surface area (Å²) in [6.07, 6.45) is -0.740. The minimum atomic E-state index is -0.740. The monoisotopic (exact) mass is 189 g/mol. The van der Waals surface area contributed by atoms with Gasteiger partial charge in [0.05, 0.1) is 0 Å². The molecule has 0 fully saturated rings. The van der Waals surface area contributed by atoms with Crippen molar-refractivity contribution in [2.45, 2.75) is 26.4 Å². The Balaban J connectivity index is 4.20. The van der Waals surface area contributed by atoms with Crippen LogP contribution in [0.5, 0.6) is 0 Å². The van der Waals surface area contributed by atoms with E-state index in [9.17, 15) is 9.59 Å². The Morgan fingerprint density at radius 3 is 2.15 bits per heavy atom. The SMILES string of the molecule is CN(C(=O)NN)C(=O)OC(C)(C)C. The minimum Gasteiger partial charge on any atom is -0.443 e. The molecule has 76 valence electrons. The summed E-state index contributed by atoms with van der Waals surface area (Å²) >= 11 is 0. The summed E-state index contributed by atoms with van der Waals surface area (Å²) in [5, 5.41) is 0. The molecule has 0 radical (unpaired) electrons. The van der Waals surface area contributed by atoms with E-state index in [-0.39, 0.29) is 0 Å². The Morgan fingerprint density at radius 1 is 1.38 bits per heavy atom. The molecule has 0 aromatic carbocycles. The molecule has 0 aliphatic rings. The second-order valence-electron chi connectivity index (χ2n) is 3.49. The highest BCUT2D eigenvalue weighted by Crippen LogP contribution is 2.08. The van der Waals surface area contributed by atoms with E-state index < -0.39 is 17.7 Å². The third kappa shape index (κ3) is 4.32. The molecule has 0 spiro atoms. The Morgan fingerprint density at radius 2 is 1.85 bits per heavy atom. The van der Waals surface area contributed by atoms with Crippen LogP contribution in [0, 0.1) is 0 Å². The van der Waals surface area contributed by atoms with Crippen LogP contribution < -0.4 is 11.3 Å². The number of hydrogen-bond donors (Lipinski definition) is 2. The smallest absolute Gasteiger partial charge is 0.418 e. The molecule has 0 aliphatic carbocycles. The third-order valence-corrected chi connectivity index (χ3v) is 1.10. The van der Waals surface area contributed by atoms with Crippen LogP contribution in [0.1, 0.15) is 20.8 Å². The number of rotatable bonds is 0. The molecule has 6 nitrogen and oxygen atoms in total. The lowest BCUT2D eigenvalue weighted by atomic mass is 10.2. The number of carbonyl (C=O) groups is 2. The van der Waals surface area contributed by atoms with E-state index in [4.69, 9.17) is 10.6 Å². The average molecular weight is 189 g/mol. The molecule has 6 heteroatoms. The average Bonchev–Trinajstić information content (AvgIpc) is 1.98. The molecule has 0 rings (SSSR count). The van der Waals surface area contributed by atoms with Crippen LogP contribution in [0.2, 0.25) is 0 Å². The highest BCUT2D eigenvalue weighted by atomic mass is 16.6. The van der Waals surface area contributed by atoms with Crippen LogP contribution in [0.15, 0.2) is 0 Å². The molecule has 0 heterocycles. The number of carbonyl (C=O) groups excluding carboxylic acids is 2. The van der Waals surface area contributed by atoms with Crippen molar-refractivity contribution >= 4 is 12.1 Å². The van der Waals surface area contributed by atoms with Crippen molar-refractivity contribution in [3.05, 3.63) is 0 Å². The third-order valence-electron chi connectivity index (χ3n) is 1.10. The molecule has 3 amide bonds. The van der Waals surface area contributed by atoms with Gasteiger partial charge >= 0.3 is 12.1 Å². The molecule has 0 saturated carbocycles. The zero-order valence-corrected chi connectivity index (χ0v) is 8.25. The van der Waals surface area contributed by atoms with Crippen LogP contribution in [0.4, 0.5) is 9.59 Å². The van der Waals surface area contributed by atoms with Crippen molar-refractivity contribution in [1.82, 2.24) is 10.3 Å². The van der Waals surface area contributed by atoms with Gasteiger partial charge in [-0.2, -0.15) is 0 Å². The van der Waals surface area contributed by atoms with Gasteiger partial charge in [0.15, 0.2) is 0 Å². The first-order valence-corrected chi connectivity index (χ1v) is 3.75. The number of nitrogens with two attached hydrogens (primary N) is 1. The lowest BCUT2D eigenvalue weighted by Gasteiger charge is -2.23. The lowest BCUT2D eigenvalue weighted by Crippen LogP contribution is -2.46. The maximum atomic E-state index is 11.1. The molecule has 0 aromatic heterocycles. The quantitative estimate of drug-likeness (QED) is 0.329. The Kier molecular flexibility index (Phi) is 3.68. The molecule has 0 bridgehead atoms. The predicted octanol–water partition coefficient (Wildman–Crippen LogP) is 0.437. The minimum absolute atomic E-state index is 0.625. The van der Waals surface area contributed by atoms with Crippen molar-refractivity contribution in [3.8, 4) is 0 Å². The molecular weight excluding hydrogens is 174 g/mol. The van der Waals surface area contributed by atoms with Crippen molar-refractivity contribution in [2.75, 3.05) is 7.05 Å². The number of hydrogen-bond acceptors (Lipinski definition) is 4. The van der Waals surface area contributed by atoms with Crippen LogP contribution in [0.25, 0.3) is 0 Å². The normalized spacial score (nSPS) is 10.5. The van der Waals surface area contributed by atoms with E-state index in [0.717, 1.165) is 4.90 Å². The maximum absolute atomic E-state index is 11.1. The summed E-state index contributed by atoms with van der Waals surface area (Å²) in [7, 11) is 1.27. The number of ether oxygens (including phenoxy) is 1. The number of nitrogens with zero attached hydrogens (tertiary/aromatic N) is 1. The number of amides is 3. The fraction of sp³-hybridized carbons (Fsp3) is 0.714. The standard InChI is InChI=1S/C7H15N3O3/c1-7(2,3)13-6(12)10(4)5(11)9-8/h8H2,1-4H3,(H,9,11). The summed E-state index contributed by atoms with van der Waals surface area (Å²) < 4.78 is 4.89. The van der Waals surface area contributed by atoms with Gasteiger partial charge in [0, 0.05) is 7.05 Å². The Bertz CT molecular complexity index is 210. The van der Waals surface area contributed by atoms with Gasteiger partial charge in [0.25, 0.3) is 0 Å². The van der Waals surface area contributed by atoms with Gasteiger partial charge in [-0.1, -0.05) is 0 Å². The van der Waals surface area contributed by atoms with Crippen LogP contribution in [-0.2, 0) is 4.74 Å². The Hall–Kier alpha value is -1.30. The fourth-order valence-corrected chi connectivity index (χ4v) is 0.510. The van der Waals surface area contributed by atoms with E-state index in [2.05, 4.69) is 0 Å². The van der Waals surface area contributed by atoms with E-state index in [1.54, 1.807) is 20.8 Å². The molecule has 0 unspecified atom stereocenters. The number of hydrazine groups is 1. The van der Waals surface area contributed by atoms with Crippen molar-refractivity contribution in [3.63, 3.8) is 0 Å². The highest BCUT2D eigenvalue weighted by molar-refractivity contribution is 5.90. The fourth-order valence-electron chi connectivity index (χ4n) is 0.510. The highest BCUT2D eigenvalue weighted by Gasteiger charge is 2.22. The number of urea groups is 1. The summed E-state index contributed by atoms with van der Waals surface area (Å²) in [5.74, 6) is 4.83. The van der Waals surface area contributed by atoms with E-state index >= 15 is 0 Å². The van der Waals surface area contributed by atoms with Gasteiger partial charge in [-0.25, -0.2) is 20.3 Å². The van der Waals surface area contributed by atoms with Crippen molar-refractivity contribution < 1.29 is 14.3 Å². The van der Waals surface area contributed by atoms with E-state index in [1.165, 1.54) is 7.05 Å². The first-order chi connectivity index (χ1) is 5.78. The summed E-state index contributed by atoms with van der Waals surface area (Å²) in [4.78, 5) is 22.7. The van der Waals surface area contributed by atoms with Crippen LogP contribution in [-0.4, -0.2) is 29.7 Å². The first kappa shape index (κ1) is 11.7. The zero-order valence-electron chi connectivity index (χ0n) is 8.25. The predicted molar refractivity (Wildman–Crippen MR) is 46.7 cm³/mol. The molecule has 0 atom stereocenters. The molecule has 0 aliphatic heterocycles. The van der Waals surface area contributed by atoms with E-state index in [1.807, 2.05) is 5.43 Å². The van der Waals surface area contributed by atoms with Crippen molar-refractivity contribution in [1.29, 1.82) is 0 Å². The largest absolute Gasteiger partial charge is 0.443 e. The molecule has 0 aromatic rings. The molecule has 3 N–H and O–H groups in total. The molecule has 0 saturated heterocycles. The van der Waals surface area contributed by atoms with Gasteiger partial charge in [-0.05, 0) is 20.8 Å². The Labute approximate surface area is 77.0 Å². The number of imide groups is 1. The second kappa shape index (κ2) is 4.08. The second-order valence-corrected chi connectivity index (χ2v) is 3.49. The summed E-state index contributed by atoms with van der Waals surface area (Å²) in [5.41, 5.74) is 1.19. The lowest BCUT2D eigenvalue weighted by molar-refractivity contribution is 0.0359. The zero-order chi connectivity index (χ0) is 10.6. The van der Waals surface area contributed by atoms with Crippen molar-refractivity contribution in [2.24, 2.45) is 5.84 Å². The molecular formula is C7H15N3O3. The van der Waals surface area contributed by atoms with Gasteiger partial charge in [-0.15, -0.1) is 0 Å². The van der Waals surface area contributed by atoms with Gasteiger partial charge in [0.1, 0.15) is 5.60 Å². The van der Waals surface area contributed by atoms with Gasteiger partial charge in [0.2, 0.25) is 0 Å². The van der Waals surface area contributed by atoms with E-state index in [0.29, 0.717) is 0 Å². The maximum Gasteiger partial charge on any atom is 0.418 e. The van der Waals surface area contributed by atoms with Gasteiger partial charge < -0.3 is 4.74 Å². The van der Waals surface area contributed by atoms with Gasteiger partial charge in [-0.3, -0.25) is 5.43 Å². The molecule has 13 heavy (non-hydrogen) atoms. The summed E-state index contributed by atoms with van der Waals surface area (Å²) in [6.45, 7) is 5.12.